The van der Waals surface area contributed by atoms with E-state index in [1.807, 2.05) is 0 Å². The van der Waals surface area contributed by atoms with Gasteiger partial charge in [0.2, 0.25) is 0 Å². The molecule has 1 aromatic carbocycles. The van der Waals surface area contributed by atoms with Gasteiger partial charge < -0.3 is 10.1 Å². The fraction of sp³-hybridized carbons (Fsp3) is 0.312. The molecule has 1 aromatic heterocycles. The molecule has 0 fully saturated rings. The zero-order valence-corrected chi connectivity index (χ0v) is 12.5. The number of ether oxygens (including phenoxy) is 1. The highest BCUT2D eigenvalue weighted by atomic mass is 16.5. The van der Waals surface area contributed by atoms with Crippen LogP contribution in [0.5, 0.6) is 0 Å². The third-order valence-corrected chi connectivity index (χ3v) is 3.06. The number of esters is 1. The summed E-state index contributed by atoms with van der Waals surface area (Å²) in [6, 6.07) is 9.84. The Kier molecular flexibility index (Phi) is 4.87. The topological polar surface area (TPSA) is 64.1 Å². The number of rotatable bonds is 5. The maximum Gasteiger partial charge on any atom is 0.358 e. The first-order valence-corrected chi connectivity index (χ1v) is 6.81. The van der Waals surface area contributed by atoms with E-state index in [9.17, 15) is 4.79 Å². The monoisotopic (exact) mass is 285 g/mol. The van der Waals surface area contributed by atoms with Gasteiger partial charge in [0.05, 0.1) is 7.11 Å². The summed E-state index contributed by atoms with van der Waals surface area (Å²) in [7, 11) is 1.32. The molecule has 0 radical (unpaired) electrons. The molecule has 0 aliphatic heterocycles. The summed E-state index contributed by atoms with van der Waals surface area (Å²) in [6.07, 6.45) is 0.906. The molecule has 0 unspecified atom stereocenters. The zero-order chi connectivity index (χ0) is 15.2. The first-order valence-electron chi connectivity index (χ1n) is 6.81. The minimum absolute atomic E-state index is 0.206. The van der Waals surface area contributed by atoms with Crippen LogP contribution in [0.1, 0.15) is 27.2 Å². The molecule has 21 heavy (non-hydrogen) atoms. The van der Waals surface area contributed by atoms with Crippen molar-refractivity contribution in [3.63, 3.8) is 0 Å². The van der Waals surface area contributed by atoms with Crippen molar-refractivity contribution >= 4 is 11.8 Å². The van der Waals surface area contributed by atoms with Gasteiger partial charge >= 0.3 is 5.97 Å². The molecule has 1 heterocycles. The van der Waals surface area contributed by atoms with E-state index in [0.29, 0.717) is 5.82 Å². The van der Waals surface area contributed by atoms with Crippen LogP contribution < -0.4 is 5.32 Å². The molecule has 5 heteroatoms. The molecule has 0 amide bonds. The molecule has 0 aliphatic carbocycles. The van der Waals surface area contributed by atoms with Crippen molar-refractivity contribution in [2.75, 3.05) is 19.0 Å². The van der Waals surface area contributed by atoms with E-state index in [-0.39, 0.29) is 5.69 Å². The summed E-state index contributed by atoms with van der Waals surface area (Å²) in [6.45, 7) is 4.96. The second-order valence-corrected chi connectivity index (χ2v) is 4.97. The SMILES string of the molecule is COC(=O)c1ccc(NCCc2cc(C)cc(C)c2)nn1. The Morgan fingerprint density at radius 1 is 1.14 bits per heavy atom. The summed E-state index contributed by atoms with van der Waals surface area (Å²) in [5, 5.41) is 11.0. The van der Waals surface area contributed by atoms with E-state index in [1.165, 1.54) is 23.8 Å². The van der Waals surface area contributed by atoms with Crippen molar-refractivity contribution in [3.05, 3.63) is 52.7 Å². The third kappa shape index (κ3) is 4.27. The van der Waals surface area contributed by atoms with E-state index in [2.05, 4.69) is 52.3 Å². The standard InChI is InChI=1S/C16H19N3O2/c1-11-8-12(2)10-13(9-11)6-7-17-15-5-4-14(18-19-15)16(20)21-3/h4-5,8-10H,6-7H2,1-3H3,(H,17,19). The van der Waals surface area contributed by atoms with Crippen LogP contribution in [-0.4, -0.2) is 29.8 Å². The molecular weight excluding hydrogens is 266 g/mol. The summed E-state index contributed by atoms with van der Waals surface area (Å²) >= 11 is 0. The number of hydrogen-bond donors (Lipinski definition) is 1. The average molecular weight is 285 g/mol. The van der Waals surface area contributed by atoms with Crippen molar-refractivity contribution in [2.24, 2.45) is 0 Å². The van der Waals surface area contributed by atoms with Crippen molar-refractivity contribution in [1.82, 2.24) is 10.2 Å². The molecule has 0 atom stereocenters. The van der Waals surface area contributed by atoms with Crippen LogP contribution in [-0.2, 0) is 11.2 Å². The molecule has 0 saturated carbocycles. The lowest BCUT2D eigenvalue weighted by atomic mass is 10.1. The fourth-order valence-corrected chi connectivity index (χ4v) is 2.19. The number of carbonyl (C=O) groups is 1. The quantitative estimate of drug-likeness (QED) is 0.855. The minimum Gasteiger partial charge on any atom is -0.464 e. The highest BCUT2D eigenvalue weighted by Gasteiger charge is 2.07. The Morgan fingerprint density at radius 3 is 2.43 bits per heavy atom. The van der Waals surface area contributed by atoms with Crippen LogP contribution in [0.4, 0.5) is 5.82 Å². The van der Waals surface area contributed by atoms with Gasteiger partial charge in [-0.05, 0) is 38.0 Å². The van der Waals surface area contributed by atoms with Crippen LogP contribution in [0, 0.1) is 13.8 Å². The largest absolute Gasteiger partial charge is 0.464 e. The van der Waals surface area contributed by atoms with Gasteiger partial charge in [0.1, 0.15) is 5.82 Å². The Bertz CT molecular complexity index is 604. The number of benzene rings is 1. The van der Waals surface area contributed by atoms with Gasteiger partial charge in [-0.25, -0.2) is 4.79 Å². The number of hydrogen-bond acceptors (Lipinski definition) is 5. The van der Waals surface area contributed by atoms with Crippen molar-refractivity contribution in [2.45, 2.75) is 20.3 Å². The molecule has 110 valence electrons. The van der Waals surface area contributed by atoms with Crippen molar-refractivity contribution < 1.29 is 9.53 Å². The Labute approximate surface area is 124 Å². The lowest BCUT2D eigenvalue weighted by molar-refractivity contribution is 0.0593. The van der Waals surface area contributed by atoms with Gasteiger partial charge in [-0.15, -0.1) is 10.2 Å². The highest BCUT2D eigenvalue weighted by molar-refractivity contribution is 5.86. The second-order valence-electron chi connectivity index (χ2n) is 4.97. The summed E-state index contributed by atoms with van der Waals surface area (Å²) in [5.41, 5.74) is 4.04. The normalized spacial score (nSPS) is 10.2. The summed E-state index contributed by atoms with van der Waals surface area (Å²) in [5.74, 6) is 0.163. The molecule has 0 spiro atoms. The lowest BCUT2D eigenvalue weighted by Crippen LogP contribution is -2.10. The van der Waals surface area contributed by atoms with Crippen LogP contribution in [0.2, 0.25) is 0 Å². The van der Waals surface area contributed by atoms with Gasteiger partial charge in [0.15, 0.2) is 5.69 Å². The Hall–Kier alpha value is -2.43. The zero-order valence-electron chi connectivity index (χ0n) is 12.5. The van der Waals surface area contributed by atoms with Crippen LogP contribution in [0.15, 0.2) is 30.3 Å². The van der Waals surface area contributed by atoms with Gasteiger partial charge in [0.25, 0.3) is 0 Å². The van der Waals surface area contributed by atoms with Crippen molar-refractivity contribution in [3.8, 4) is 0 Å². The Morgan fingerprint density at radius 2 is 1.86 bits per heavy atom. The fourth-order valence-electron chi connectivity index (χ4n) is 2.19. The molecule has 1 N–H and O–H groups in total. The minimum atomic E-state index is -0.482. The number of aromatic nitrogens is 2. The second kappa shape index (κ2) is 6.83. The number of carbonyl (C=O) groups excluding carboxylic acids is 1. The average Bonchev–Trinajstić information content (AvgIpc) is 2.46. The molecule has 2 aromatic rings. The first kappa shape index (κ1) is 15.0. The smallest absolute Gasteiger partial charge is 0.358 e. The Balaban J connectivity index is 1.90. The van der Waals surface area contributed by atoms with E-state index < -0.39 is 5.97 Å². The molecule has 0 saturated heterocycles. The molecule has 0 bridgehead atoms. The van der Waals surface area contributed by atoms with E-state index in [4.69, 9.17) is 0 Å². The van der Waals surface area contributed by atoms with Gasteiger partial charge in [-0.2, -0.15) is 0 Å². The van der Waals surface area contributed by atoms with Crippen LogP contribution in [0.3, 0.4) is 0 Å². The number of nitrogens with one attached hydrogen (secondary N) is 1. The van der Waals surface area contributed by atoms with Gasteiger partial charge in [-0.1, -0.05) is 29.3 Å². The molecule has 0 aliphatic rings. The van der Waals surface area contributed by atoms with E-state index in [1.54, 1.807) is 12.1 Å². The number of methoxy groups -OCH3 is 1. The molecule has 5 nitrogen and oxygen atoms in total. The van der Waals surface area contributed by atoms with Gasteiger partial charge in [0, 0.05) is 6.54 Å². The molecule has 2 rings (SSSR count). The first-order chi connectivity index (χ1) is 10.1. The number of nitrogens with zero attached hydrogens (tertiary/aromatic N) is 2. The lowest BCUT2D eigenvalue weighted by Gasteiger charge is -2.07. The third-order valence-electron chi connectivity index (χ3n) is 3.06. The predicted octanol–water partition coefficient (Wildman–Crippen LogP) is 2.53. The summed E-state index contributed by atoms with van der Waals surface area (Å²) < 4.78 is 4.58. The number of aryl methyl sites for hydroxylation is 2. The molecular formula is C16H19N3O2. The van der Waals surface area contributed by atoms with E-state index >= 15 is 0 Å². The van der Waals surface area contributed by atoms with Gasteiger partial charge in [-0.3, -0.25) is 0 Å². The maximum atomic E-state index is 11.2. The maximum absolute atomic E-state index is 11.2. The van der Waals surface area contributed by atoms with E-state index in [0.717, 1.165) is 13.0 Å². The highest BCUT2D eigenvalue weighted by Crippen LogP contribution is 2.10. The van der Waals surface area contributed by atoms with Crippen LogP contribution in [0.25, 0.3) is 0 Å². The summed E-state index contributed by atoms with van der Waals surface area (Å²) in [4.78, 5) is 11.2. The van der Waals surface area contributed by atoms with Crippen molar-refractivity contribution in [1.29, 1.82) is 0 Å². The predicted molar refractivity (Wildman–Crippen MR) is 81.5 cm³/mol. The number of anilines is 1. The van der Waals surface area contributed by atoms with Crippen LogP contribution >= 0.6 is 0 Å².